The second-order valence-corrected chi connectivity index (χ2v) is 2.66. The molecule has 0 amide bonds. The standard InChI is InChI=1S/C8H5F3NO4/c9-8(10,11)16-7-2-1-6(12(14)15)3-5(7)4-13/h1-4,13H. The molecule has 0 fully saturated rings. The summed E-state index contributed by atoms with van der Waals surface area (Å²) in [7, 11) is 0. The van der Waals surface area contributed by atoms with Crippen molar-refractivity contribution >= 4 is 5.69 Å². The highest BCUT2D eigenvalue weighted by molar-refractivity contribution is 5.46. The number of nitro groups is 1. The molecule has 1 rings (SSSR count). The fraction of sp³-hybridized carbons (Fsp3) is 0.125. The Morgan fingerprint density at radius 1 is 1.44 bits per heavy atom. The van der Waals surface area contributed by atoms with Crippen molar-refractivity contribution in [3.8, 4) is 5.75 Å². The van der Waals surface area contributed by atoms with Gasteiger partial charge in [0, 0.05) is 17.7 Å². The van der Waals surface area contributed by atoms with E-state index < -0.39 is 28.3 Å². The van der Waals surface area contributed by atoms with Gasteiger partial charge >= 0.3 is 6.36 Å². The van der Waals surface area contributed by atoms with Gasteiger partial charge in [-0.05, 0) is 6.07 Å². The molecule has 16 heavy (non-hydrogen) atoms. The first-order valence-corrected chi connectivity index (χ1v) is 3.85. The summed E-state index contributed by atoms with van der Waals surface area (Å²) in [6.45, 7) is 0.300. The molecule has 1 aromatic rings. The summed E-state index contributed by atoms with van der Waals surface area (Å²) in [5.41, 5.74) is -0.874. The molecule has 0 bridgehead atoms. The molecule has 1 N–H and O–H groups in total. The second kappa shape index (κ2) is 4.35. The van der Waals surface area contributed by atoms with E-state index in [0.717, 1.165) is 18.2 Å². The second-order valence-electron chi connectivity index (χ2n) is 2.66. The highest BCUT2D eigenvalue weighted by Gasteiger charge is 2.32. The lowest BCUT2D eigenvalue weighted by Gasteiger charge is -2.11. The fourth-order valence-electron chi connectivity index (χ4n) is 0.968. The monoisotopic (exact) mass is 236 g/mol. The Balaban J connectivity index is 3.07. The van der Waals surface area contributed by atoms with Crippen LogP contribution in [-0.4, -0.2) is 16.4 Å². The maximum atomic E-state index is 11.9. The Hall–Kier alpha value is -1.83. The molecule has 87 valence electrons. The summed E-state index contributed by atoms with van der Waals surface area (Å²) >= 11 is 0. The van der Waals surface area contributed by atoms with Gasteiger partial charge in [0.25, 0.3) is 5.69 Å². The quantitative estimate of drug-likeness (QED) is 0.645. The fourth-order valence-corrected chi connectivity index (χ4v) is 0.968. The molecule has 8 heteroatoms. The number of rotatable bonds is 3. The van der Waals surface area contributed by atoms with Gasteiger partial charge in [0.2, 0.25) is 0 Å². The average molecular weight is 236 g/mol. The van der Waals surface area contributed by atoms with E-state index in [4.69, 9.17) is 5.11 Å². The average Bonchev–Trinajstić information content (AvgIpc) is 2.15. The highest BCUT2D eigenvalue weighted by atomic mass is 19.4. The number of nitrogens with zero attached hydrogens (tertiary/aromatic N) is 1. The van der Waals surface area contributed by atoms with Crippen molar-refractivity contribution in [2.75, 3.05) is 0 Å². The molecule has 1 radical (unpaired) electrons. The van der Waals surface area contributed by atoms with E-state index in [2.05, 4.69) is 4.74 Å². The van der Waals surface area contributed by atoms with Crippen LogP contribution in [0.15, 0.2) is 18.2 Å². The maximum absolute atomic E-state index is 11.9. The number of nitro benzene ring substituents is 1. The van der Waals surface area contributed by atoms with Crippen LogP contribution in [0.2, 0.25) is 0 Å². The third-order valence-corrected chi connectivity index (χ3v) is 1.57. The Bertz CT molecular complexity index is 405. The maximum Gasteiger partial charge on any atom is 0.573 e. The van der Waals surface area contributed by atoms with Crippen molar-refractivity contribution < 1.29 is 27.9 Å². The number of alkyl halides is 3. The molecule has 0 unspecified atom stereocenters. The van der Waals surface area contributed by atoms with E-state index in [1.807, 2.05) is 0 Å². The third kappa shape index (κ3) is 3.09. The first-order valence-electron chi connectivity index (χ1n) is 3.85. The Kier molecular flexibility index (Phi) is 3.33. The molecule has 0 heterocycles. The van der Waals surface area contributed by atoms with Crippen LogP contribution in [0.5, 0.6) is 5.75 Å². The van der Waals surface area contributed by atoms with Crippen molar-refractivity contribution in [3.05, 3.63) is 40.5 Å². The number of benzene rings is 1. The summed E-state index contributed by atoms with van der Waals surface area (Å²) in [4.78, 5) is 9.51. The zero-order valence-electron chi connectivity index (χ0n) is 7.56. The van der Waals surface area contributed by atoms with Gasteiger partial charge in [-0.1, -0.05) is 0 Å². The zero-order chi connectivity index (χ0) is 12.3. The molecule has 0 aliphatic heterocycles. The van der Waals surface area contributed by atoms with Crippen molar-refractivity contribution in [2.24, 2.45) is 0 Å². The number of ether oxygens (including phenoxy) is 1. The van der Waals surface area contributed by atoms with Crippen LogP contribution in [0, 0.1) is 16.7 Å². The van der Waals surface area contributed by atoms with Crippen molar-refractivity contribution in [2.45, 2.75) is 6.36 Å². The molecule has 0 aliphatic rings. The number of non-ortho nitro benzene ring substituents is 1. The number of halogens is 3. The normalized spacial score (nSPS) is 11.2. The number of hydrogen-bond donors (Lipinski definition) is 1. The van der Waals surface area contributed by atoms with Crippen molar-refractivity contribution in [1.29, 1.82) is 0 Å². The molecule has 0 spiro atoms. The first-order chi connectivity index (χ1) is 7.33. The van der Waals surface area contributed by atoms with E-state index in [1.165, 1.54) is 0 Å². The van der Waals surface area contributed by atoms with E-state index in [9.17, 15) is 23.3 Å². The van der Waals surface area contributed by atoms with Crippen LogP contribution in [0.25, 0.3) is 0 Å². The molecule has 0 aliphatic carbocycles. The van der Waals surface area contributed by atoms with Gasteiger partial charge in [-0.3, -0.25) is 10.1 Å². The SMILES string of the molecule is O=[N+]([O-])c1ccc(OC(F)(F)F)c([CH]O)c1. The van der Waals surface area contributed by atoms with Gasteiger partial charge < -0.3 is 9.84 Å². The van der Waals surface area contributed by atoms with E-state index >= 15 is 0 Å². The van der Waals surface area contributed by atoms with Gasteiger partial charge in [-0.2, -0.15) is 0 Å². The predicted octanol–water partition coefficient (Wildman–Crippen LogP) is 2.38. The van der Waals surface area contributed by atoms with E-state index in [1.54, 1.807) is 0 Å². The minimum atomic E-state index is -4.92. The van der Waals surface area contributed by atoms with E-state index in [-0.39, 0.29) is 0 Å². The van der Waals surface area contributed by atoms with Crippen LogP contribution in [0.1, 0.15) is 5.56 Å². The highest BCUT2D eigenvalue weighted by Crippen LogP contribution is 2.29. The molecule has 1 aromatic carbocycles. The number of aliphatic hydroxyl groups excluding tert-OH is 1. The Morgan fingerprint density at radius 2 is 2.06 bits per heavy atom. The summed E-state index contributed by atoms with van der Waals surface area (Å²) in [6, 6.07) is 2.36. The lowest BCUT2D eigenvalue weighted by molar-refractivity contribution is -0.385. The lowest BCUT2D eigenvalue weighted by Crippen LogP contribution is -2.18. The van der Waals surface area contributed by atoms with Gasteiger partial charge in [0.05, 0.1) is 4.92 Å². The van der Waals surface area contributed by atoms with Crippen LogP contribution < -0.4 is 4.74 Å². The number of hydrogen-bond acceptors (Lipinski definition) is 4. The third-order valence-electron chi connectivity index (χ3n) is 1.57. The molecule has 0 atom stereocenters. The summed E-state index contributed by atoms with van der Waals surface area (Å²) < 4.78 is 39.1. The van der Waals surface area contributed by atoms with Crippen LogP contribution in [-0.2, 0) is 0 Å². The molecular weight excluding hydrogens is 231 g/mol. The molecule has 5 nitrogen and oxygen atoms in total. The van der Waals surface area contributed by atoms with Gasteiger partial charge in [0.1, 0.15) is 12.4 Å². The van der Waals surface area contributed by atoms with Crippen LogP contribution in [0.4, 0.5) is 18.9 Å². The lowest BCUT2D eigenvalue weighted by atomic mass is 10.2. The Labute approximate surface area is 87.2 Å². The van der Waals surface area contributed by atoms with Crippen LogP contribution >= 0.6 is 0 Å². The molecule has 0 saturated heterocycles. The van der Waals surface area contributed by atoms with Gasteiger partial charge in [-0.15, -0.1) is 13.2 Å². The molecule has 0 aromatic heterocycles. The van der Waals surface area contributed by atoms with Crippen LogP contribution in [0.3, 0.4) is 0 Å². The summed E-state index contributed by atoms with van der Waals surface area (Å²) in [5, 5.41) is 18.9. The van der Waals surface area contributed by atoms with Gasteiger partial charge in [-0.25, -0.2) is 0 Å². The minimum absolute atomic E-state index is 0.300. The van der Waals surface area contributed by atoms with E-state index in [0.29, 0.717) is 6.61 Å². The summed E-state index contributed by atoms with van der Waals surface area (Å²) in [5.74, 6) is -0.708. The molecular formula is C8H5F3NO4. The van der Waals surface area contributed by atoms with Gasteiger partial charge in [0.15, 0.2) is 0 Å². The Morgan fingerprint density at radius 3 is 2.50 bits per heavy atom. The number of aliphatic hydroxyl groups is 1. The topological polar surface area (TPSA) is 72.6 Å². The predicted molar refractivity (Wildman–Crippen MR) is 45.1 cm³/mol. The minimum Gasteiger partial charge on any atom is -0.405 e. The first kappa shape index (κ1) is 12.2. The zero-order valence-corrected chi connectivity index (χ0v) is 7.56. The summed E-state index contributed by atoms with van der Waals surface area (Å²) in [6.07, 6.45) is -4.92. The van der Waals surface area contributed by atoms with Crippen molar-refractivity contribution in [1.82, 2.24) is 0 Å². The molecule has 0 saturated carbocycles. The largest absolute Gasteiger partial charge is 0.573 e. The van der Waals surface area contributed by atoms with Crippen molar-refractivity contribution in [3.63, 3.8) is 0 Å². The smallest absolute Gasteiger partial charge is 0.405 e.